The fourth-order valence-electron chi connectivity index (χ4n) is 3.21. The first-order valence-corrected chi connectivity index (χ1v) is 8.18. The second-order valence-electron chi connectivity index (χ2n) is 6.09. The molecule has 0 bridgehead atoms. The van der Waals surface area contributed by atoms with E-state index in [4.69, 9.17) is 11.6 Å². The molecule has 0 amide bonds. The van der Waals surface area contributed by atoms with Crippen LogP contribution in [-0.4, -0.2) is 6.54 Å². The molecule has 0 radical (unpaired) electrons. The van der Waals surface area contributed by atoms with Gasteiger partial charge in [0, 0.05) is 6.04 Å². The Morgan fingerprint density at radius 3 is 2.65 bits per heavy atom. The number of hydrogen-bond acceptors (Lipinski definition) is 1. The van der Waals surface area contributed by atoms with Crippen LogP contribution in [-0.2, 0) is 0 Å². The summed E-state index contributed by atoms with van der Waals surface area (Å²) < 4.78 is 13.7. The van der Waals surface area contributed by atoms with Gasteiger partial charge in [-0.05, 0) is 49.3 Å². The minimum Gasteiger partial charge on any atom is -0.310 e. The van der Waals surface area contributed by atoms with Gasteiger partial charge in [0.25, 0.3) is 0 Å². The van der Waals surface area contributed by atoms with Crippen LogP contribution in [0.15, 0.2) is 18.2 Å². The molecule has 3 heteroatoms. The number of benzene rings is 1. The van der Waals surface area contributed by atoms with Crippen molar-refractivity contribution in [3.63, 3.8) is 0 Å². The number of rotatable bonds is 5. The van der Waals surface area contributed by atoms with E-state index < -0.39 is 0 Å². The summed E-state index contributed by atoms with van der Waals surface area (Å²) in [5.41, 5.74) is 0.930. The first-order valence-electron chi connectivity index (χ1n) is 7.80. The summed E-state index contributed by atoms with van der Waals surface area (Å²) in [7, 11) is 0. The number of halogens is 2. The fraction of sp³-hybridized carbons (Fsp3) is 0.647. The van der Waals surface area contributed by atoms with Gasteiger partial charge in [0.15, 0.2) is 0 Å². The van der Waals surface area contributed by atoms with Crippen molar-refractivity contribution in [3.05, 3.63) is 34.6 Å². The Kier molecular flexibility index (Phi) is 5.86. The van der Waals surface area contributed by atoms with Crippen molar-refractivity contribution < 1.29 is 4.39 Å². The zero-order valence-corrected chi connectivity index (χ0v) is 13.2. The standard InChI is InChI=1S/C17H25ClFN/c1-3-11-20-17(13-9-7-12(2)8-10-13)14-5-4-6-15(19)16(14)18/h4-6,12-13,17,20H,3,7-11H2,1-2H3. The molecule has 1 aromatic rings. The minimum atomic E-state index is -0.309. The van der Waals surface area contributed by atoms with Crippen molar-refractivity contribution in [2.45, 2.75) is 52.0 Å². The summed E-state index contributed by atoms with van der Waals surface area (Å²) in [5.74, 6) is 1.08. The SMILES string of the molecule is CCCNC(c1cccc(F)c1Cl)C1CCC(C)CC1. The van der Waals surface area contributed by atoms with Gasteiger partial charge < -0.3 is 5.32 Å². The predicted molar refractivity (Wildman–Crippen MR) is 83.6 cm³/mol. The molecule has 0 saturated heterocycles. The molecule has 2 rings (SSSR count). The van der Waals surface area contributed by atoms with E-state index in [1.165, 1.54) is 31.7 Å². The first-order chi connectivity index (χ1) is 9.63. The lowest BCUT2D eigenvalue weighted by Crippen LogP contribution is -2.31. The highest BCUT2D eigenvalue weighted by molar-refractivity contribution is 6.31. The first kappa shape index (κ1) is 15.8. The molecular formula is C17H25ClFN. The lowest BCUT2D eigenvalue weighted by Gasteiger charge is -2.34. The average Bonchev–Trinajstić information content (AvgIpc) is 2.45. The van der Waals surface area contributed by atoms with Crippen molar-refractivity contribution in [1.29, 1.82) is 0 Å². The smallest absolute Gasteiger partial charge is 0.142 e. The van der Waals surface area contributed by atoms with Gasteiger partial charge in [-0.25, -0.2) is 4.39 Å². The van der Waals surface area contributed by atoms with E-state index in [0.717, 1.165) is 24.4 Å². The Bertz CT molecular complexity index is 427. The molecule has 1 fully saturated rings. The van der Waals surface area contributed by atoms with E-state index >= 15 is 0 Å². The van der Waals surface area contributed by atoms with E-state index in [0.29, 0.717) is 10.9 Å². The highest BCUT2D eigenvalue weighted by atomic mass is 35.5. The van der Waals surface area contributed by atoms with Gasteiger partial charge in [0.05, 0.1) is 5.02 Å². The molecule has 1 aliphatic carbocycles. The molecule has 1 unspecified atom stereocenters. The summed E-state index contributed by atoms with van der Waals surface area (Å²) >= 11 is 6.20. The topological polar surface area (TPSA) is 12.0 Å². The summed E-state index contributed by atoms with van der Waals surface area (Å²) in [6, 6.07) is 5.36. The molecule has 1 aliphatic rings. The molecule has 20 heavy (non-hydrogen) atoms. The van der Waals surface area contributed by atoms with Crippen molar-refractivity contribution in [3.8, 4) is 0 Å². The lowest BCUT2D eigenvalue weighted by molar-refractivity contribution is 0.231. The van der Waals surface area contributed by atoms with Crippen LogP contribution in [0.1, 0.15) is 57.6 Å². The highest BCUT2D eigenvalue weighted by Crippen LogP contribution is 2.39. The molecular weight excluding hydrogens is 273 g/mol. The normalized spacial score (nSPS) is 24.6. The molecule has 0 heterocycles. The second kappa shape index (κ2) is 7.42. The minimum absolute atomic E-state index is 0.186. The number of hydrogen-bond donors (Lipinski definition) is 1. The zero-order valence-electron chi connectivity index (χ0n) is 12.5. The van der Waals surface area contributed by atoms with Crippen LogP contribution in [0.25, 0.3) is 0 Å². The zero-order chi connectivity index (χ0) is 14.5. The molecule has 0 aromatic heterocycles. The van der Waals surface area contributed by atoms with Crippen LogP contribution in [0.5, 0.6) is 0 Å². The van der Waals surface area contributed by atoms with Gasteiger partial charge in [-0.2, -0.15) is 0 Å². The summed E-state index contributed by atoms with van der Waals surface area (Å²) in [6.45, 7) is 5.42. The summed E-state index contributed by atoms with van der Waals surface area (Å²) in [6.07, 6.45) is 6.02. The molecule has 1 saturated carbocycles. The lowest BCUT2D eigenvalue weighted by atomic mass is 9.77. The maximum absolute atomic E-state index is 13.7. The van der Waals surface area contributed by atoms with Gasteiger partial charge in [-0.15, -0.1) is 0 Å². The predicted octanol–water partition coefficient (Wildman–Crippen LogP) is 5.35. The quantitative estimate of drug-likeness (QED) is 0.773. The molecule has 1 N–H and O–H groups in total. The van der Waals surface area contributed by atoms with Gasteiger partial charge >= 0.3 is 0 Å². The van der Waals surface area contributed by atoms with Crippen LogP contribution in [0.2, 0.25) is 5.02 Å². The van der Waals surface area contributed by atoms with Crippen molar-refractivity contribution in [2.24, 2.45) is 11.8 Å². The highest BCUT2D eigenvalue weighted by Gasteiger charge is 2.28. The van der Waals surface area contributed by atoms with E-state index in [1.807, 2.05) is 6.07 Å². The van der Waals surface area contributed by atoms with Gasteiger partial charge in [0.1, 0.15) is 5.82 Å². The monoisotopic (exact) mass is 297 g/mol. The van der Waals surface area contributed by atoms with Crippen LogP contribution >= 0.6 is 11.6 Å². The Morgan fingerprint density at radius 2 is 2.00 bits per heavy atom. The Labute approximate surface area is 126 Å². The van der Waals surface area contributed by atoms with Crippen LogP contribution in [0.4, 0.5) is 4.39 Å². The van der Waals surface area contributed by atoms with E-state index in [1.54, 1.807) is 6.07 Å². The average molecular weight is 298 g/mol. The molecule has 1 atom stereocenters. The Hall–Kier alpha value is -0.600. The maximum atomic E-state index is 13.7. The second-order valence-corrected chi connectivity index (χ2v) is 6.47. The van der Waals surface area contributed by atoms with E-state index in [-0.39, 0.29) is 11.9 Å². The van der Waals surface area contributed by atoms with Crippen LogP contribution in [0, 0.1) is 17.7 Å². The summed E-state index contributed by atoms with van der Waals surface area (Å²) in [4.78, 5) is 0. The Morgan fingerprint density at radius 1 is 1.30 bits per heavy atom. The van der Waals surface area contributed by atoms with Gasteiger partial charge in [-0.1, -0.05) is 50.4 Å². The van der Waals surface area contributed by atoms with Gasteiger partial charge in [0.2, 0.25) is 0 Å². The third-order valence-electron chi connectivity index (χ3n) is 4.46. The fourth-order valence-corrected chi connectivity index (χ4v) is 3.45. The summed E-state index contributed by atoms with van der Waals surface area (Å²) in [5, 5.41) is 3.88. The third kappa shape index (κ3) is 3.73. The van der Waals surface area contributed by atoms with E-state index in [2.05, 4.69) is 19.2 Å². The van der Waals surface area contributed by atoms with Crippen molar-refractivity contribution in [2.75, 3.05) is 6.54 Å². The Balaban J connectivity index is 2.20. The van der Waals surface area contributed by atoms with Crippen LogP contribution in [0.3, 0.4) is 0 Å². The largest absolute Gasteiger partial charge is 0.310 e. The van der Waals surface area contributed by atoms with Gasteiger partial charge in [-0.3, -0.25) is 0 Å². The molecule has 0 spiro atoms. The molecule has 112 valence electrons. The number of nitrogens with one attached hydrogen (secondary N) is 1. The molecule has 1 nitrogen and oxygen atoms in total. The van der Waals surface area contributed by atoms with E-state index in [9.17, 15) is 4.39 Å². The van der Waals surface area contributed by atoms with Crippen LogP contribution < -0.4 is 5.32 Å². The van der Waals surface area contributed by atoms with Crippen molar-refractivity contribution >= 4 is 11.6 Å². The maximum Gasteiger partial charge on any atom is 0.142 e. The molecule has 0 aliphatic heterocycles. The van der Waals surface area contributed by atoms with Crippen molar-refractivity contribution in [1.82, 2.24) is 5.32 Å². The molecule has 1 aromatic carbocycles. The third-order valence-corrected chi connectivity index (χ3v) is 4.86.